The zero-order chi connectivity index (χ0) is 11.3. The van der Waals surface area contributed by atoms with Gasteiger partial charge in [0.25, 0.3) is 0 Å². The molecular weight excluding hydrogens is 193 g/mol. The van der Waals surface area contributed by atoms with Crippen LogP contribution in [0, 0.1) is 0 Å². The smallest absolute Gasteiger partial charge is 0.139 e. The number of rotatable bonds is 5. The van der Waals surface area contributed by atoms with Crippen molar-refractivity contribution in [1.82, 2.24) is 0 Å². The Kier molecular flexibility index (Phi) is 4.68. The molecule has 1 heterocycles. The molecule has 82 valence electrons. The van der Waals surface area contributed by atoms with Gasteiger partial charge in [-0.3, -0.25) is 0 Å². The maximum absolute atomic E-state index is 8.14. The van der Waals surface area contributed by atoms with E-state index in [2.05, 4.69) is 16.6 Å². The Bertz CT molecular complexity index is 279. The second-order valence-corrected chi connectivity index (χ2v) is 3.95. The van der Waals surface area contributed by atoms with Gasteiger partial charge in [0.2, 0.25) is 0 Å². The molecule has 0 saturated carbocycles. The van der Waals surface area contributed by atoms with Crippen LogP contribution >= 0.6 is 0 Å². The third-order valence-electron chi connectivity index (χ3n) is 2.35. The summed E-state index contributed by atoms with van der Waals surface area (Å²) in [7, 11) is 2.02. The molecule has 0 spiro atoms. The van der Waals surface area contributed by atoms with Gasteiger partial charge in [-0.2, -0.15) is 0 Å². The van der Waals surface area contributed by atoms with Gasteiger partial charge in [0.15, 0.2) is 0 Å². The lowest BCUT2D eigenvalue weighted by molar-refractivity contribution is -0.00975. The molecule has 0 aromatic heterocycles. The van der Waals surface area contributed by atoms with Crippen LogP contribution in [0.5, 0.6) is 0 Å². The van der Waals surface area contributed by atoms with Gasteiger partial charge < -0.3 is 9.47 Å². The predicted octanol–water partition coefficient (Wildman–Crippen LogP) is 1.35. The summed E-state index contributed by atoms with van der Waals surface area (Å²) in [5, 5.41) is 3.35. The van der Waals surface area contributed by atoms with E-state index in [1.807, 2.05) is 14.8 Å². The van der Waals surface area contributed by atoms with Crippen LogP contribution in [0.3, 0.4) is 0 Å². The molecule has 0 aromatic rings. The maximum atomic E-state index is 8.14. The third kappa shape index (κ3) is 3.95. The van der Waals surface area contributed by atoms with E-state index in [9.17, 15) is 0 Å². The third-order valence-corrected chi connectivity index (χ3v) is 2.35. The molecule has 0 aromatic carbocycles. The van der Waals surface area contributed by atoms with Crippen LogP contribution < -0.4 is 0 Å². The largest absolute Gasteiger partial charge is 0.381 e. The lowest BCUT2D eigenvalue weighted by Crippen LogP contribution is -2.24. The zero-order valence-electron chi connectivity index (χ0n) is 9.22. The van der Waals surface area contributed by atoms with Gasteiger partial charge in [-0.05, 0) is 25.3 Å². The molecule has 0 N–H and O–H groups in total. The summed E-state index contributed by atoms with van der Waals surface area (Å²) in [6, 6.07) is 0.199. The fourth-order valence-electron chi connectivity index (χ4n) is 1.77. The monoisotopic (exact) mass is 209 g/mol. The molecule has 3 unspecified atom stereocenters. The summed E-state index contributed by atoms with van der Waals surface area (Å²) < 4.78 is 11.1. The number of ether oxygens (including phenoxy) is 2. The van der Waals surface area contributed by atoms with E-state index in [-0.39, 0.29) is 24.9 Å². The van der Waals surface area contributed by atoms with Crippen molar-refractivity contribution in [2.75, 3.05) is 6.73 Å². The first-order valence-corrected chi connectivity index (χ1v) is 5.05. The van der Waals surface area contributed by atoms with Crippen molar-refractivity contribution < 1.29 is 9.47 Å². The van der Waals surface area contributed by atoms with Gasteiger partial charge in [-0.15, -0.1) is 6.58 Å². The Labute approximate surface area is 90.5 Å². The molecule has 15 heavy (non-hydrogen) atoms. The van der Waals surface area contributed by atoms with Crippen molar-refractivity contribution >= 4 is 7.85 Å². The summed E-state index contributed by atoms with van der Waals surface area (Å²) >= 11 is 0. The van der Waals surface area contributed by atoms with Gasteiger partial charge in [-0.25, -0.2) is 0 Å². The molecule has 1 aliphatic rings. The minimum absolute atomic E-state index is 0.0159. The predicted molar refractivity (Wildman–Crippen MR) is 60.1 cm³/mol. The van der Waals surface area contributed by atoms with Crippen molar-refractivity contribution in [3.05, 3.63) is 22.6 Å². The lowest BCUT2D eigenvalue weighted by atomic mass is 9.95. The van der Waals surface area contributed by atoms with Crippen molar-refractivity contribution in [2.24, 2.45) is 5.11 Å². The number of azide groups is 1. The van der Waals surface area contributed by atoms with Crippen LogP contribution in [0.25, 0.3) is 10.4 Å². The fourth-order valence-corrected chi connectivity index (χ4v) is 1.77. The summed E-state index contributed by atoms with van der Waals surface area (Å²) in [4.78, 5) is 2.64. The van der Waals surface area contributed by atoms with Gasteiger partial charge in [-0.1, -0.05) is 10.7 Å². The average molecular weight is 209 g/mol. The van der Waals surface area contributed by atoms with Gasteiger partial charge in [0, 0.05) is 10.9 Å². The molecule has 1 saturated heterocycles. The van der Waals surface area contributed by atoms with Crippen molar-refractivity contribution in [2.45, 2.75) is 38.0 Å². The standard InChI is InChI=1S/C9H16BN3O2/c1-6(2)3-8-7(4-9(10)15-8)14-5-12-13-11/h7-9H,1,3-5,10H2,2H3. The maximum Gasteiger partial charge on any atom is 0.139 e. The minimum atomic E-state index is 0.0159. The Balaban J connectivity index is 2.44. The number of hydrogen-bond acceptors (Lipinski definition) is 3. The highest BCUT2D eigenvalue weighted by Crippen LogP contribution is 2.25. The van der Waals surface area contributed by atoms with Crippen molar-refractivity contribution in [3.8, 4) is 0 Å². The van der Waals surface area contributed by atoms with Crippen LogP contribution in [0.4, 0.5) is 0 Å². The first kappa shape index (κ1) is 12.1. The molecule has 3 atom stereocenters. The van der Waals surface area contributed by atoms with Crippen LogP contribution in [-0.2, 0) is 9.47 Å². The molecule has 0 radical (unpaired) electrons. The zero-order valence-corrected chi connectivity index (χ0v) is 9.22. The van der Waals surface area contributed by atoms with Crippen LogP contribution in [0.1, 0.15) is 19.8 Å². The van der Waals surface area contributed by atoms with E-state index in [0.29, 0.717) is 0 Å². The normalized spacial score (nSPS) is 29.8. The van der Waals surface area contributed by atoms with E-state index in [0.717, 1.165) is 18.4 Å². The topological polar surface area (TPSA) is 67.2 Å². The Morgan fingerprint density at radius 3 is 3.13 bits per heavy atom. The highest BCUT2D eigenvalue weighted by atomic mass is 16.6. The molecule has 1 aliphatic heterocycles. The van der Waals surface area contributed by atoms with E-state index in [1.54, 1.807) is 0 Å². The molecule has 1 rings (SSSR count). The Hall–Kier alpha value is -0.965. The van der Waals surface area contributed by atoms with Crippen molar-refractivity contribution in [3.63, 3.8) is 0 Å². The molecular formula is C9H16BN3O2. The lowest BCUT2D eigenvalue weighted by Gasteiger charge is -2.18. The van der Waals surface area contributed by atoms with Gasteiger partial charge in [0.1, 0.15) is 14.6 Å². The molecule has 1 fully saturated rings. The van der Waals surface area contributed by atoms with E-state index in [1.165, 1.54) is 0 Å². The summed E-state index contributed by atoms with van der Waals surface area (Å²) in [5.41, 5.74) is 9.21. The SMILES string of the molecule is BC1CC(OCN=[N+]=[N-])C(CC(=C)C)O1. The second-order valence-electron chi connectivity index (χ2n) is 3.95. The molecule has 0 amide bonds. The summed E-state index contributed by atoms with van der Waals surface area (Å²) in [6.07, 6.45) is 1.71. The van der Waals surface area contributed by atoms with E-state index < -0.39 is 0 Å². The Morgan fingerprint density at radius 1 is 1.80 bits per heavy atom. The summed E-state index contributed by atoms with van der Waals surface area (Å²) in [6.45, 7) is 5.90. The molecule has 0 bridgehead atoms. The molecule has 5 nitrogen and oxygen atoms in total. The highest BCUT2D eigenvalue weighted by molar-refractivity contribution is 6.11. The average Bonchev–Trinajstić information content (AvgIpc) is 2.46. The second kappa shape index (κ2) is 5.80. The minimum Gasteiger partial charge on any atom is -0.381 e. The molecule has 0 aliphatic carbocycles. The molecule has 6 heteroatoms. The Morgan fingerprint density at radius 2 is 2.53 bits per heavy atom. The van der Waals surface area contributed by atoms with Crippen LogP contribution in [0.2, 0.25) is 0 Å². The van der Waals surface area contributed by atoms with Crippen LogP contribution in [0.15, 0.2) is 17.3 Å². The van der Waals surface area contributed by atoms with Gasteiger partial charge >= 0.3 is 0 Å². The number of hydrogen-bond donors (Lipinski definition) is 0. The summed E-state index contributed by atoms with van der Waals surface area (Å²) in [5.74, 6) is 0. The van der Waals surface area contributed by atoms with Gasteiger partial charge in [0.05, 0.1) is 12.2 Å². The quantitative estimate of drug-likeness (QED) is 0.225. The fraction of sp³-hybridized carbons (Fsp3) is 0.778. The van der Waals surface area contributed by atoms with Crippen LogP contribution in [-0.4, -0.2) is 32.8 Å². The van der Waals surface area contributed by atoms with E-state index in [4.69, 9.17) is 15.0 Å². The number of nitrogens with zero attached hydrogens (tertiary/aromatic N) is 3. The van der Waals surface area contributed by atoms with Crippen molar-refractivity contribution in [1.29, 1.82) is 0 Å². The van der Waals surface area contributed by atoms with E-state index >= 15 is 0 Å². The first-order valence-electron chi connectivity index (χ1n) is 5.05. The first-order chi connectivity index (χ1) is 7.13. The highest BCUT2D eigenvalue weighted by Gasteiger charge is 2.33.